The predicted molar refractivity (Wildman–Crippen MR) is 117 cm³/mol. The molecule has 1 aromatic carbocycles. The number of aryl methyl sites for hydroxylation is 2. The average molecular weight is 422 g/mol. The van der Waals surface area contributed by atoms with Gasteiger partial charge in [-0.25, -0.2) is 0 Å². The summed E-state index contributed by atoms with van der Waals surface area (Å²) in [6, 6.07) is 7.83. The van der Waals surface area contributed by atoms with Crippen molar-refractivity contribution >= 4 is 29.6 Å². The van der Waals surface area contributed by atoms with Gasteiger partial charge in [0.25, 0.3) is 11.8 Å². The van der Waals surface area contributed by atoms with Gasteiger partial charge >= 0.3 is 0 Å². The molecule has 0 unspecified atom stereocenters. The molecule has 2 aromatic rings. The zero-order chi connectivity index (χ0) is 21.2. The molecule has 5 nitrogen and oxygen atoms in total. The summed E-state index contributed by atoms with van der Waals surface area (Å²) in [5.41, 5.74) is 5.03. The Bertz CT molecular complexity index is 1100. The molecule has 30 heavy (non-hydrogen) atoms. The highest BCUT2D eigenvalue weighted by Crippen LogP contribution is 2.49. The van der Waals surface area contributed by atoms with Crippen molar-refractivity contribution in [1.29, 1.82) is 0 Å². The van der Waals surface area contributed by atoms with E-state index in [4.69, 9.17) is 11.6 Å². The number of benzene rings is 1. The quantitative estimate of drug-likeness (QED) is 0.413. The van der Waals surface area contributed by atoms with Crippen molar-refractivity contribution in [3.05, 3.63) is 64.0 Å². The lowest BCUT2D eigenvalue weighted by Crippen LogP contribution is -2.38. The van der Waals surface area contributed by atoms with Gasteiger partial charge < -0.3 is 4.57 Å². The summed E-state index contributed by atoms with van der Waals surface area (Å²) in [7, 11) is 0. The first-order valence-electron chi connectivity index (χ1n) is 10.4. The number of fused-ring (bicyclic) bond motifs is 1. The van der Waals surface area contributed by atoms with Gasteiger partial charge in [0.2, 0.25) is 0 Å². The summed E-state index contributed by atoms with van der Waals surface area (Å²) < 4.78 is 2.13. The number of imide groups is 1. The van der Waals surface area contributed by atoms with E-state index in [-0.39, 0.29) is 35.5 Å². The van der Waals surface area contributed by atoms with Gasteiger partial charge in [-0.3, -0.25) is 9.59 Å². The number of hydrogen-bond acceptors (Lipinski definition) is 3. The molecule has 0 N–H and O–H groups in total. The zero-order valence-corrected chi connectivity index (χ0v) is 18.1. The van der Waals surface area contributed by atoms with Crippen LogP contribution in [-0.2, 0) is 9.59 Å². The molecule has 4 aliphatic rings. The van der Waals surface area contributed by atoms with E-state index in [1.807, 2.05) is 45.0 Å². The third-order valence-corrected chi connectivity index (χ3v) is 7.17. The lowest BCUT2D eigenvalue weighted by atomic mass is 9.63. The monoisotopic (exact) mass is 421 g/mol. The van der Waals surface area contributed by atoms with Crippen molar-refractivity contribution in [2.45, 2.75) is 33.6 Å². The van der Waals surface area contributed by atoms with Gasteiger partial charge in [0.05, 0.1) is 18.1 Å². The minimum atomic E-state index is -0.236. The van der Waals surface area contributed by atoms with Crippen LogP contribution >= 0.6 is 11.6 Å². The smallest absolute Gasteiger partial charge is 0.254 e. The zero-order valence-electron chi connectivity index (χ0n) is 17.3. The van der Waals surface area contributed by atoms with Crippen LogP contribution in [0.5, 0.6) is 0 Å². The maximum atomic E-state index is 13.0. The van der Waals surface area contributed by atoms with Gasteiger partial charge in [-0.1, -0.05) is 29.8 Å². The Hall–Kier alpha value is -2.66. The van der Waals surface area contributed by atoms with E-state index in [0.717, 1.165) is 46.1 Å². The van der Waals surface area contributed by atoms with Crippen molar-refractivity contribution < 1.29 is 9.59 Å². The van der Waals surface area contributed by atoms with E-state index >= 15 is 0 Å². The van der Waals surface area contributed by atoms with Crippen molar-refractivity contribution in [1.82, 2.24) is 9.58 Å². The van der Waals surface area contributed by atoms with Crippen LogP contribution in [-0.4, -0.2) is 27.6 Å². The predicted octanol–water partition coefficient (Wildman–Crippen LogP) is 4.59. The molecule has 3 aliphatic carbocycles. The SMILES string of the molecule is Cc1ccc(Cl)cc1-n1c(C)cc(/C=N\N2C(=O)[C@@H]3[C@H](C2=O)[C@H]2C=C[C@H]3CC2)c1C. The number of aromatic nitrogens is 1. The molecule has 2 amide bonds. The molecular weight excluding hydrogens is 398 g/mol. The van der Waals surface area contributed by atoms with Crippen molar-refractivity contribution in [2.24, 2.45) is 28.8 Å². The first kappa shape index (κ1) is 19.3. The summed E-state index contributed by atoms with van der Waals surface area (Å²) >= 11 is 6.22. The Balaban J connectivity index is 1.47. The highest BCUT2D eigenvalue weighted by Gasteiger charge is 2.56. The van der Waals surface area contributed by atoms with Crippen LogP contribution in [0.4, 0.5) is 0 Å². The number of hydrogen-bond donors (Lipinski definition) is 0. The van der Waals surface area contributed by atoms with Crippen molar-refractivity contribution in [2.75, 3.05) is 0 Å². The van der Waals surface area contributed by atoms with Gasteiger partial charge in [0.1, 0.15) is 0 Å². The topological polar surface area (TPSA) is 54.7 Å². The van der Waals surface area contributed by atoms with E-state index in [9.17, 15) is 9.59 Å². The second kappa shape index (κ2) is 6.95. The fourth-order valence-electron chi connectivity index (χ4n) is 5.40. The highest BCUT2D eigenvalue weighted by molar-refractivity contribution is 6.30. The van der Waals surface area contributed by atoms with Crippen molar-refractivity contribution in [3.63, 3.8) is 0 Å². The summed E-state index contributed by atoms with van der Waals surface area (Å²) in [5.74, 6) is -0.431. The number of hydrazone groups is 1. The van der Waals surface area contributed by atoms with E-state index < -0.39 is 0 Å². The molecule has 2 heterocycles. The highest BCUT2D eigenvalue weighted by atomic mass is 35.5. The molecule has 1 saturated heterocycles. The normalized spacial score (nSPS) is 27.5. The van der Waals surface area contributed by atoms with Crippen molar-refractivity contribution in [3.8, 4) is 5.69 Å². The van der Waals surface area contributed by atoms with Crippen LogP contribution in [0, 0.1) is 44.4 Å². The molecule has 1 aliphatic heterocycles. The number of amides is 2. The van der Waals surface area contributed by atoms with E-state index in [0.29, 0.717) is 5.02 Å². The third-order valence-electron chi connectivity index (χ3n) is 6.93. The molecule has 1 saturated carbocycles. The second-order valence-corrected chi connectivity index (χ2v) is 9.10. The standard InChI is InChI=1S/C24H24ClN3O2/c1-13-4-9-19(25)11-20(13)27-14(2)10-18(15(27)3)12-26-28-23(29)21-16-5-6-17(8-7-16)22(21)24(28)30/h4-6,9-12,16-17,21-22H,7-8H2,1-3H3/b26-12-/t16-,17-,21-,22+/m0/s1. The first-order valence-corrected chi connectivity index (χ1v) is 10.8. The van der Waals surface area contributed by atoms with E-state index in [1.54, 1.807) is 6.21 Å². The fraction of sp³-hybridized carbons (Fsp3) is 0.375. The van der Waals surface area contributed by atoms with Crippen LogP contribution in [0.15, 0.2) is 41.5 Å². The van der Waals surface area contributed by atoms with Crippen LogP contribution in [0.3, 0.4) is 0 Å². The number of allylic oxidation sites excluding steroid dienone is 2. The van der Waals surface area contributed by atoms with Crippen LogP contribution in [0.25, 0.3) is 5.69 Å². The summed E-state index contributed by atoms with van der Waals surface area (Å²) in [4.78, 5) is 25.9. The Morgan fingerprint density at radius 2 is 1.63 bits per heavy atom. The summed E-state index contributed by atoms with van der Waals surface area (Å²) in [5, 5.41) is 6.16. The molecule has 2 fully saturated rings. The average Bonchev–Trinajstić information content (AvgIpc) is 3.17. The first-order chi connectivity index (χ1) is 14.4. The number of rotatable bonds is 3. The third kappa shape index (κ3) is 2.79. The fourth-order valence-corrected chi connectivity index (χ4v) is 5.57. The lowest BCUT2D eigenvalue weighted by molar-refractivity contribution is -0.140. The molecule has 2 bridgehead atoms. The Morgan fingerprint density at radius 3 is 2.23 bits per heavy atom. The summed E-state index contributed by atoms with van der Waals surface area (Å²) in [6.07, 6.45) is 7.85. The molecule has 0 radical (unpaired) electrons. The molecule has 6 heteroatoms. The van der Waals surface area contributed by atoms with Gasteiger partial charge in [-0.15, -0.1) is 0 Å². The number of carbonyl (C=O) groups is 2. The molecular formula is C24H24ClN3O2. The Kier molecular flexibility index (Phi) is 4.47. The van der Waals surface area contributed by atoms with E-state index in [1.165, 1.54) is 0 Å². The van der Waals surface area contributed by atoms with Crippen LogP contribution in [0.2, 0.25) is 5.02 Å². The minimum Gasteiger partial charge on any atom is -0.318 e. The maximum absolute atomic E-state index is 13.0. The molecule has 0 spiro atoms. The number of nitrogens with zero attached hydrogens (tertiary/aromatic N) is 3. The Labute approximate surface area is 181 Å². The maximum Gasteiger partial charge on any atom is 0.254 e. The molecule has 154 valence electrons. The lowest BCUT2D eigenvalue weighted by Gasteiger charge is -2.37. The number of halogens is 1. The van der Waals surface area contributed by atoms with Gasteiger partial charge in [0, 0.05) is 27.7 Å². The van der Waals surface area contributed by atoms with Crippen LogP contribution < -0.4 is 0 Å². The number of carbonyl (C=O) groups excluding carboxylic acids is 2. The molecule has 4 atom stereocenters. The Morgan fingerprint density at radius 1 is 1.00 bits per heavy atom. The molecule has 6 rings (SSSR count). The minimum absolute atomic E-state index is 0.153. The molecule has 1 aromatic heterocycles. The van der Waals surface area contributed by atoms with Crippen LogP contribution in [0.1, 0.15) is 35.4 Å². The largest absolute Gasteiger partial charge is 0.318 e. The van der Waals surface area contributed by atoms with E-state index in [2.05, 4.69) is 21.8 Å². The van der Waals surface area contributed by atoms with Gasteiger partial charge in [0.15, 0.2) is 0 Å². The van der Waals surface area contributed by atoms with Gasteiger partial charge in [-0.05, 0) is 69.2 Å². The second-order valence-electron chi connectivity index (χ2n) is 8.67. The summed E-state index contributed by atoms with van der Waals surface area (Å²) in [6.45, 7) is 6.07. The van der Waals surface area contributed by atoms with Gasteiger partial charge in [-0.2, -0.15) is 10.1 Å².